The number of nitrogens with two attached hydrogens (primary N) is 1. The molecule has 2 aromatic heterocycles. The molecule has 4 rings (SSSR count). The topological polar surface area (TPSA) is 97.5 Å². The van der Waals surface area contributed by atoms with Crippen LogP contribution >= 0.6 is 0 Å². The van der Waals surface area contributed by atoms with Crippen LogP contribution in [0.2, 0.25) is 0 Å². The number of nitrogens with zero attached hydrogens (tertiary/aromatic N) is 5. The molecule has 1 saturated heterocycles. The van der Waals surface area contributed by atoms with Gasteiger partial charge >= 0.3 is 0 Å². The first kappa shape index (κ1) is 22.4. The van der Waals surface area contributed by atoms with E-state index in [1.54, 1.807) is 23.4 Å². The molecular formula is C25H28N6O2. The average molecular weight is 445 g/mol. The molecule has 1 aromatic carbocycles. The number of carbonyl (C=O) groups is 1. The van der Waals surface area contributed by atoms with E-state index >= 15 is 0 Å². The Bertz CT molecular complexity index is 1160. The van der Waals surface area contributed by atoms with E-state index < -0.39 is 0 Å². The molecule has 0 radical (unpaired) electrons. The standard InChI is InChI=1S/C25H28N6O2/c1-4-18-5-6-21(25-27-14-19(7-8-26)15-28-25)22(12-18)33-20-11-17(2)29-23(13-20)31-10-9-30(3)24(32)16-31/h4-6,11-15H,1,7-10,16,26H2,2-3H3. The lowest BCUT2D eigenvalue weighted by Gasteiger charge is -2.33. The lowest BCUT2D eigenvalue weighted by Crippen LogP contribution is -2.48. The van der Waals surface area contributed by atoms with Crippen LogP contribution in [0.5, 0.6) is 11.5 Å². The zero-order chi connectivity index (χ0) is 23.4. The summed E-state index contributed by atoms with van der Waals surface area (Å²) in [6.45, 7) is 8.00. The van der Waals surface area contributed by atoms with E-state index in [1.165, 1.54) is 0 Å². The Morgan fingerprint density at radius 3 is 2.67 bits per heavy atom. The second kappa shape index (κ2) is 9.79. The van der Waals surface area contributed by atoms with Crippen molar-refractivity contribution in [2.75, 3.05) is 38.1 Å². The van der Waals surface area contributed by atoms with Gasteiger partial charge in [-0.3, -0.25) is 4.79 Å². The summed E-state index contributed by atoms with van der Waals surface area (Å²) in [4.78, 5) is 29.5. The van der Waals surface area contributed by atoms with Crippen LogP contribution in [-0.4, -0.2) is 59.0 Å². The number of likely N-dealkylation sites (N-methyl/N-ethyl adjacent to an activating group) is 1. The summed E-state index contributed by atoms with van der Waals surface area (Å²) in [6, 6.07) is 9.52. The van der Waals surface area contributed by atoms with E-state index in [4.69, 9.17) is 10.5 Å². The molecule has 8 nitrogen and oxygen atoms in total. The van der Waals surface area contributed by atoms with Crippen LogP contribution < -0.4 is 15.4 Å². The van der Waals surface area contributed by atoms with Crippen molar-refractivity contribution in [1.29, 1.82) is 0 Å². The lowest BCUT2D eigenvalue weighted by molar-refractivity contribution is -0.129. The number of amides is 1. The van der Waals surface area contributed by atoms with Crippen molar-refractivity contribution in [1.82, 2.24) is 19.9 Å². The second-order valence-electron chi connectivity index (χ2n) is 8.05. The van der Waals surface area contributed by atoms with Gasteiger partial charge in [0.15, 0.2) is 5.82 Å². The van der Waals surface area contributed by atoms with E-state index in [0.717, 1.165) is 41.2 Å². The van der Waals surface area contributed by atoms with Crippen LogP contribution in [0.1, 0.15) is 16.8 Å². The summed E-state index contributed by atoms with van der Waals surface area (Å²) in [6.07, 6.45) is 6.08. The predicted octanol–water partition coefficient (Wildman–Crippen LogP) is 3.06. The number of hydrogen-bond acceptors (Lipinski definition) is 7. The minimum absolute atomic E-state index is 0.0724. The third-order valence-corrected chi connectivity index (χ3v) is 5.54. The minimum Gasteiger partial charge on any atom is -0.456 e. The van der Waals surface area contributed by atoms with E-state index in [9.17, 15) is 4.79 Å². The van der Waals surface area contributed by atoms with E-state index in [0.29, 0.717) is 37.0 Å². The van der Waals surface area contributed by atoms with Crippen LogP contribution in [0, 0.1) is 6.92 Å². The van der Waals surface area contributed by atoms with Crippen LogP contribution in [0.15, 0.2) is 49.3 Å². The maximum absolute atomic E-state index is 12.2. The van der Waals surface area contributed by atoms with Gasteiger partial charge in [-0.1, -0.05) is 18.7 Å². The molecule has 170 valence electrons. The summed E-state index contributed by atoms with van der Waals surface area (Å²) >= 11 is 0. The first-order chi connectivity index (χ1) is 16.0. The number of aryl methyl sites for hydroxylation is 1. The highest BCUT2D eigenvalue weighted by Gasteiger charge is 2.23. The summed E-state index contributed by atoms with van der Waals surface area (Å²) in [7, 11) is 1.82. The molecule has 0 saturated carbocycles. The van der Waals surface area contributed by atoms with E-state index in [1.807, 2.05) is 49.2 Å². The van der Waals surface area contributed by atoms with E-state index in [-0.39, 0.29) is 5.91 Å². The molecule has 8 heteroatoms. The molecule has 0 spiro atoms. The summed E-state index contributed by atoms with van der Waals surface area (Å²) < 4.78 is 6.33. The number of piperazine rings is 1. The molecule has 1 fully saturated rings. The molecule has 3 aromatic rings. The first-order valence-corrected chi connectivity index (χ1v) is 10.9. The SMILES string of the molecule is C=Cc1ccc(-c2ncc(CCN)cn2)c(Oc2cc(C)nc(N3CCN(C)C(=O)C3)c2)c1. The maximum atomic E-state index is 12.2. The van der Waals surface area contributed by atoms with Crippen LogP contribution in [0.4, 0.5) is 5.82 Å². The number of hydrogen-bond donors (Lipinski definition) is 1. The molecule has 2 N–H and O–H groups in total. The fourth-order valence-electron chi connectivity index (χ4n) is 3.65. The lowest BCUT2D eigenvalue weighted by atomic mass is 10.1. The smallest absolute Gasteiger partial charge is 0.241 e. The number of ether oxygens (including phenoxy) is 1. The van der Waals surface area contributed by atoms with Crippen LogP contribution in [-0.2, 0) is 11.2 Å². The number of rotatable bonds is 7. The summed E-state index contributed by atoms with van der Waals surface area (Å²) in [5.74, 6) is 2.60. The van der Waals surface area contributed by atoms with E-state index in [2.05, 4.69) is 21.5 Å². The molecule has 1 aliphatic rings. The van der Waals surface area contributed by atoms with Gasteiger partial charge in [0.05, 0.1) is 12.1 Å². The van der Waals surface area contributed by atoms with Gasteiger partial charge in [-0.25, -0.2) is 15.0 Å². The second-order valence-corrected chi connectivity index (χ2v) is 8.05. The third-order valence-electron chi connectivity index (χ3n) is 5.54. The quantitative estimate of drug-likeness (QED) is 0.598. The fourth-order valence-corrected chi connectivity index (χ4v) is 3.65. The molecule has 0 unspecified atom stereocenters. The normalized spacial score (nSPS) is 13.8. The monoisotopic (exact) mass is 444 g/mol. The number of carbonyl (C=O) groups excluding carboxylic acids is 1. The van der Waals surface area contributed by atoms with Gasteiger partial charge in [0.25, 0.3) is 0 Å². The van der Waals surface area contributed by atoms with Crippen molar-refractivity contribution in [3.8, 4) is 22.9 Å². The van der Waals surface area contributed by atoms with Crippen molar-refractivity contribution in [3.05, 3.63) is 66.1 Å². The largest absolute Gasteiger partial charge is 0.456 e. The highest BCUT2D eigenvalue weighted by atomic mass is 16.5. The van der Waals surface area contributed by atoms with Crippen molar-refractivity contribution in [2.24, 2.45) is 5.73 Å². The van der Waals surface area contributed by atoms with Crippen molar-refractivity contribution in [2.45, 2.75) is 13.3 Å². The Morgan fingerprint density at radius 2 is 1.97 bits per heavy atom. The molecule has 0 aliphatic carbocycles. The zero-order valence-corrected chi connectivity index (χ0v) is 19.0. The first-order valence-electron chi connectivity index (χ1n) is 10.9. The number of aromatic nitrogens is 3. The maximum Gasteiger partial charge on any atom is 0.241 e. The predicted molar refractivity (Wildman–Crippen MR) is 129 cm³/mol. The zero-order valence-electron chi connectivity index (χ0n) is 19.0. The summed E-state index contributed by atoms with van der Waals surface area (Å²) in [5.41, 5.74) is 9.11. The average Bonchev–Trinajstić information content (AvgIpc) is 2.81. The van der Waals surface area contributed by atoms with Gasteiger partial charge in [-0.15, -0.1) is 0 Å². The Kier molecular flexibility index (Phi) is 6.65. The summed E-state index contributed by atoms with van der Waals surface area (Å²) in [5, 5.41) is 0. The van der Waals surface area contributed by atoms with Gasteiger partial charge in [0, 0.05) is 50.4 Å². The Balaban J connectivity index is 1.66. The van der Waals surface area contributed by atoms with Crippen LogP contribution in [0.25, 0.3) is 17.5 Å². The molecule has 3 heterocycles. The van der Waals surface area contributed by atoms with Crippen molar-refractivity contribution >= 4 is 17.8 Å². The molecular weight excluding hydrogens is 416 g/mol. The highest BCUT2D eigenvalue weighted by molar-refractivity contribution is 5.82. The van der Waals surface area contributed by atoms with Crippen LogP contribution in [0.3, 0.4) is 0 Å². The van der Waals surface area contributed by atoms with Crippen molar-refractivity contribution in [3.63, 3.8) is 0 Å². The van der Waals surface area contributed by atoms with Gasteiger partial charge < -0.3 is 20.3 Å². The molecule has 0 atom stereocenters. The highest BCUT2D eigenvalue weighted by Crippen LogP contribution is 2.34. The van der Waals surface area contributed by atoms with Gasteiger partial charge in [-0.05, 0) is 43.1 Å². The Labute approximate surface area is 193 Å². The fraction of sp³-hybridized carbons (Fsp3) is 0.280. The Morgan fingerprint density at radius 1 is 1.18 bits per heavy atom. The van der Waals surface area contributed by atoms with Gasteiger partial charge in [0.1, 0.15) is 17.3 Å². The molecule has 33 heavy (non-hydrogen) atoms. The number of benzene rings is 1. The Hall–Kier alpha value is -3.78. The molecule has 0 bridgehead atoms. The number of anilines is 1. The van der Waals surface area contributed by atoms with Gasteiger partial charge in [-0.2, -0.15) is 0 Å². The van der Waals surface area contributed by atoms with Gasteiger partial charge in [0.2, 0.25) is 5.91 Å². The van der Waals surface area contributed by atoms with Crippen molar-refractivity contribution < 1.29 is 9.53 Å². The minimum atomic E-state index is 0.0724. The number of pyridine rings is 1. The molecule has 1 amide bonds. The molecule has 1 aliphatic heterocycles. The third kappa shape index (κ3) is 5.18.